The molecule has 36 heavy (non-hydrogen) atoms. The topological polar surface area (TPSA) is 73.0 Å². The lowest BCUT2D eigenvalue weighted by atomic mass is 9.85. The number of nitrogens with one attached hydrogen (secondary N) is 1. The summed E-state index contributed by atoms with van der Waals surface area (Å²) in [5.74, 6) is -0.163. The molecule has 7 heteroatoms. The van der Waals surface area contributed by atoms with Crippen LogP contribution in [0.3, 0.4) is 0 Å². The van der Waals surface area contributed by atoms with Crippen molar-refractivity contribution in [2.45, 2.75) is 57.9 Å². The smallest absolute Gasteiger partial charge is 0.253 e. The number of para-hydroxylation sites is 1. The molecule has 0 radical (unpaired) electrons. The summed E-state index contributed by atoms with van der Waals surface area (Å²) in [7, 11) is 0. The fourth-order valence-corrected chi connectivity index (χ4v) is 5.40. The Bertz CT molecular complexity index is 1050. The normalized spacial score (nSPS) is 17.1. The highest BCUT2D eigenvalue weighted by Gasteiger charge is 2.54. The first kappa shape index (κ1) is 25.7. The van der Waals surface area contributed by atoms with Gasteiger partial charge >= 0.3 is 0 Å². The first-order valence-electron chi connectivity index (χ1n) is 13.3. The minimum Gasteiger partial charge on any atom is -0.355 e. The summed E-state index contributed by atoms with van der Waals surface area (Å²) in [5.41, 5.74) is 2.18. The van der Waals surface area contributed by atoms with E-state index in [2.05, 4.69) is 29.3 Å². The van der Waals surface area contributed by atoms with Crippen LogP contribution in [0.15, 0.2) is 54.6 Å². The molecule has 7 nitrogen and oxygen atoms in total. The highest BCUT2D eigenvalue weighted by atomic mass is 16.2. The van der Waals surface area contributed by atoms with Gasteiger partial charge in [0.25, 0.3) is 11.8 Å². The van der Waals surface area contributed by atoms with Gasteiger partial charge in [0.15, 0.2) is 0 Å². The second-order valence-corrected chi connectivity index (χ2v) is 9.84. The maximum absolute atomic E-state index is 13.7. The Morgan fingerprint density at radius 3 is 2.28 bits per heavy atom. The van der Waals surface area contributed by atoms with E-state index in [0.29, 0.717) is 44.7 Å². The molecular weight excluding hydrogens is 452 g/mol. The number of hydrogen-bond donors (Lipinski definition) is 1. The number of hydrogen-bond acceptors (Lipinski definition) is 4. The molecule has 0 bridgehead atoms. The molecule has 0 aromatic heterocycles. The number of anilines is 1. The molecule has 1 N–H and O–H groups in total. The van der Waals surface area contributed by atoms with Gasteiger partial charge in [0, 0.05) is 30.9 Å². The molecule has 2 aliphatic heterocycles. The van der Waals surface area contributed by atoms with Crippen LogP contribution in [0.1, 0.15) is 61.9 Å². The molecule has 192 valence electrons. The van der Waals surface area contributed by atoms with Crippen LogP contribution in [0, 0.1) is 0 Å². The molecule has 0 aliphatic carbocycles. The number of rotatable bonds is 9. The van der Waals surface area contributed by atoms with Gasteiger partial charge in [-0.1, -0.05) is 50.1 Å². The van der Waals surface area contributed by atoms with Gasteiger partial charge in [0.05, 0.1) is 6.67 Å². The predicted octanol–water partition coefficient (Wildman–Crippen LogP) is 3.84. The summed E-state index contributed by atoms with van der Waals surface area (Å²) in [6.07, 6.45) is 5.69. The Kier molecular flexibility index (Phi) is 8.28. The monoisotopic (exact) mass is 490 g/mol. The number of likely N-dealkylation sites (N-methyl/N-ethyl adjacent to an activating group) is 1. The third-order valence-electron chi connectivity index (χ3n) is 7.44. The van der Waals surface area contributed by atoms with E-state index in [1.54, 1.807) is 4.90 Å². The zero-order valence-electron chi connectivity index (χ0n) is 21.5. The van der Waals surface area contributed by atoms with Gasteiger partial charge in [0.2, 0.25) is 5.91 Å². The number of piperidine rings is 1. The number of carbonyl (C=O) groups is 3. The first-order chi connectivity index (χ1) is 17.5. The van der Waals surface area contributed by atoms with Crippen molar-refractivity contribution in [1.82, 2.24) is 15.1 Å². The van der Waals surface area contributed by atoms with Gasteiger partial charge in [-0.25, -0.2) is 0 Å². The lowest BCUT2D eigenvalue weighted by Gasteiger charge is -2.43. The Labute approximate surface area is 214 Å². The summed E-state index contributed by atoms with van der Waals surface area (Å²) < 4.78 is 0. The van der Waals surface area contributed by atoms with Gasteiger partial charge in [-0.05, 0) is 62.4 Å². The van der Waals surface area contributed by atoms with Gasteiger partial charge in [0.1, 0.15) is 12.1 Å². The molecule has 2 saturated heterocycles. The van der Waals surface area contributed by atoms with Crippen LogP contribution >= 0.6 is 0 Å². The largest absolute Gasteiger partial charge is 0.355 e. The van der Waals surface area contributed by atoms with Crippen LogP contribution in [-0.2, 0) is 16.0 Å². The van der Waals surface area contributed by atoms with Crippen molar-refractivity contribution >= 4 is 23.4 Å². The summed E-state index contributed by atoms with van der Waals surface area (Å²) in [5, 5.41) is 2.79. The van der Waals surface area contributed by atoms with Crippen LogP contribution < -0.4 is 10.2 Å². The van der Waals surface area contributed by atoms with Crippen molar-refractivity contribution in [3.63, 3.8) is 0 Å². The van der Waals surface area contributed by atoms with E-state index < -0.39 is 5.54 Å². The molecule has 2 heterocycles. The van der Waals surface area contributed by atoms with E-state index in [0.717, 1.165) is 12.1 Å². The van der Waals surface area contributed by atoms with Crippen LogP contribution in [0.2, 0.25) is 0 Å². The Morgan fingerprint density at radius 2 is 1.64 bits per heavy atom. The second-order valence-electron chi connectivity index (χ2n) is 9.84. The summed E-state index contributed by atoms with van der Waals surface area (Å²) in [4.78, 5) is 44.9. The van der Waals surface area contributed by atoms with E-state index in [9.17, 15) is 14.4 Å². The lowest BCUT2D eigenvalue weighted by Crippen LogP contribution is -2.57. The molecule has 4 rings (SSSR count). The molecule has 0 saturated carbocycles. The van der Waals surface area contributed by atoms with Crippen LogP contribution in [-0.4, -0.2) is 65.9 Å². The zero-order valence-corrected chi connectivity index (χ0v) is 21.5. The second kappa shape index (κ2) is 11.6. The van der Waals surface area contributed by atoms with Gasteiger partial charge < -0.3 is 20.0 Å². The lowest BCUT2D eigenvalue weighted by molar-refractivity contribution is -0.137. The average Bonchev–Trinajstić information content (AvgIpc) is 3.16. The molecule has 0 unspecified atom stereocenters. The third-order valence-corrected chi connectivity index (χ3v) is 7.44. The number of unbranched alkanes of at least 4 members (excludes halogenated alkanes) is 2. The number of aryl methyl sites for hydroxylation is 1. The number of carbonyl (C=O) groups excluding carboxylic acids is 3. The van der Waals surface area contributed by atoms with Crippen molar-refractivity contribution in [2.24, 2.45) is 0 Å². The molecule has 2 aliphatic rings. The standard InChI is InChI=1S/C29H38N4O3/c1-3-5-7-10-23-13-15-24(16-14-23)27(35)31-19-17-29(18-20-31)28(36)32(21-26(34)30-4-2)22-33(29)25-11-8-6-9-12-25/h6,8-9,11-16H,3-5,7,10,17-22H2,1-2H3,(H,30,34). The van der Waals surface area contributed by atoms with E-state index in [-0.39, 0.29) is 24.3 Å². The predicted molar refractivity (Wildman–Crippen MR) is 142 cm³/mol. The SMILES string of the molecule is CCCCCc1ccc(C(=O)N2CCC3(CC2)C(=O)N(CC(=O)NCC)CN3c2ccccc2)cc1. The highest BCUT2D eigenvalue weighted by molar-refractivity contribution is 5.97. The van der Waals surface area contributed by atoms with Crippen LogP contribution in [0.4, 0.5) is 5.69 Å². The average molecular weight is 491 g/mol. The first-order valence-corrected chi connectivity index (χ1v) is 13.3. The highest BCUT2D eigenvalue weighted by Crippen LogP contribution is 2.39. The van der Waals surface area contributed by atoms with E-state index in [4.69, 9.17) is 0 Å². The number of likely N-dealkylation sites (tertiary alicyclic amines) is 1. The van der Waals surface area contributed by atoms with Gasteiger partial charge in [-0.15, -0.1) is 0 Å². The Morgan fingerprint density at radius 1 is 0.944 bits per heavy atom. The number of amides is 3. The van der Waals surface area contributed by atoms with Crippen molar-refractivity contribution < 1.29 is 14.4 Å². The molecule has 2 aromatic carbocycles. The Hall–Kier alpha value is -3.35. The zero-order chi connectivity index (χ0) is 25.5. The Balaban J connectivity index is 1.46. The maximum Gasteiger partial charge on any atom is 0.253 e. The summed E-state index contributed by atoms with van der Waals surface area (Å²) in [6, 6.07) is 17.9. The van der Waals surface area contributed by atoms with Crippen LogP contribution in [0.5, 0.6) is 0 Å². The molecule has 2 aromatic rings. The van der Waals surface area contributed by atoms with Crippen molar-refractivity contribution in [1.29, 1.82) is 0 Å². The molecular formula is C29H38N4O3. The quantitative estimate of drug-likeness (QED) is 0.542. The third kappa shape index (κ3) is 5.40. The molecule has 2 fully saturated rings. The minimum absolute atomic E-state index is 0.0147. The van der Waals surface area contributed by atoms with Gasteiger partial charge in [-0.2, -0.15) is 0 Å². The van der Waals surface area contributed by atoms with Crippen LogP contribution in [0.25, 0.3) is 0 Å². The fourth-order valence-electron chi connectivity index (χ4n) is 5.40. The van der Waals surface area contributed by atoms with Crippen molar-refractivity contribution in [3.05, 3.63) is 65.7 Å². The van der Waals surface area contributed by atoms with E-state index in [1.807, 2.05) is 54.3 Å². The van der Waals surface area contributed by atoms with Crippen molar-refractivity contribution in [3.8, 4) is 0 Å². The number of nitrogens with zero attached hydrogens (tertiary/aromatic N) is 3. The molecule has 0 atom stereocenters. The van der Waals surface area contributed by atoms with Gasteiger partial charge in [-0.3, -0.25) is 14.4 Å². The van der Waals surface area contributed by atoms with Crippen molar-refractivity contribution in [2.75, 3.05) is 37.7 Å². The summed E-state index contributed by atoms with van der Waals surface area (Å²) >= 11 is 0. The molecule has 1 spiro atoms. The summed E-state index contributed by atoms with van der Waals surface area (Å²) in [6.45, 7) is 6.02. The fraction of sp³-hybridized carbons (Fsp3) is 0.483. The number of benzene rings is 2. The maximum atomic E-state index is 13.7. The minimum atomic E-state index is -0.742. The van der Waals surface area contributed by atoms with E-state index in [1.165, 1.54) is 24.8 Å². The molecule has 3 amide bonds. The van der Waals surface area contributed by atoms with E-state index >= 15 is 0 Å².